The van der Waals surface area contributed by atoms with E-state index in [9.17, 15) is 18.4 Å². The number of ether oxygens (including phenoxy) is 1. The van der Waals surface area contributed by atoms with E-state index in [1.165, 1.54) is 13.0 Å². The van der Waals surface area contributed by atoms with Crippen molar-refractivity contribution in [2.75, 3.05) is 5.32 Å². The summed E-state index contributed by atoms with van der Waals surface area (Å²) < 4.78 is 33.3. The Labute approximate surface area is 152 Å². The van der Waals surface area contributed by atoms with Crippen LogP contribution in [0.2, 0.25) is 0 Å². The zero-order valence-corrected chi connectivity index (χ0v) is 14.6. The van der Waals surface area contributed by atoms with Crippen molar-refractivity contribution in [1.82, 2.24) is 15.0 Å². The van der Waals surface area contributed by atoms with Crippen LogP contribution < -0.4 is 5.32 Å². The van der Waals surface area contributed by atoms with Crippen LogP contribution in [0, 0.1) is 11.6 Å². The molecule has 140 valence electrons. The van der Waals surface area contributed by atoms with E-state index in [0.29, 0.717) is 18.1 Å². The third kappa shape index (κ3) is 3.91. The van der Waals surface area contributed by atoms with Crippen LogP contribution in [0.3, 0.4) is 0 Å². The molecule has 1 amide bonds. The molecule has 0 fully saturated rings. The minimum atomic E-state index is -1.19. The van der Waals surface area contributed by atoms with Crippen molar-refractivity contribution >= 4 is 28.6 Å². The molecule has 7 nitrogen and oxygen atoms in total. The van der Waals surface area contributed by atoms with Crippen LogP contribution in [0.1, 0.15) is 24.2 Å². The fourth-order valence-corrected chi connectivity index (χ4v) is 2.44. The number of amides is 1. The number of benzene rings is 2. The molecule has 1 heterocycles. The maximum Gasteiger partial charge on any atom is 0.338 e. The van der Waals surface area contributed by atoms with Crippen LogP contribution in [0.5, 0.6) is 0 Å². The summed E-state index contributed by atoms with van der Waals surface area (Å²) in [6, 6.07) is 7.49. The van der Waals surface area contributed by atoms with Gasteiger partial charge in [0.05, 0.1) is 16.8 Å². The summed E-state index contributed by atoms with van der Waals surface area (Å²) in [5.41, 5.74) is 1.29. The lowest BCUT2D eigenvalue weighted by Crippen LogP contribution is -2.30. The summed E-state index contributed by atoms with van der Waals surface area (Å²) in [6.45, 7) is 3.90. The molecule has 1 N–H and O–H groups in total. The molecule has 0 bridgehead atoms. The zero-order chi connectivity index (χ0) is 19.6. The van der Waals surface area contributed by atoms with Gasteiger partial charge >= 0.3 is 5.97 Å². The molecule has 1 aromatic heterocycles. The van der Waals surface area contributed by atoms with E-state index in [4.69, 9.17) is 4.74 Å². The second kappa shape index (κ2) is 7.48. The van der Waals surface area contributed by atoms with E-state index < -0.39 is 29.6 Å². The summed E-state index contributed by atoms with van der Waals surface area (Å²) in [4.78, 5) is 24.4. The Morgan fingerprint density at radius 3 is 2.70 bits per heavy atom. The number of hydrogen-bond acceptors (Lipinski definition) is 5. The second-order valence-corrected chi connectivity index (χ2v) is 5.77. The molecule has 0 spiro atoms. The largest absolute Gasteiger partial charge is 0.449 e. The minimum Gasteiger partial charge on any atom is -0.449 e. The highest BCUT2D eigenvalue weighted by Crippen LogP contribution is 2.17. The fraction of sp³-hybridized carbons (Fsp3) is 0.222. The standard InChI is InChI=1S/C18H16F2N4O3/c1-3-24-16-7-4-11(8-15(16)22-23-24)18(26)27-10(2)17(25)21-14-6-5-12(19)9-13(14)20/h4-10H,3H2,1-2H3,(H,21,25)/t10-/m1/s1. The normalized spacial score (nSPS) is 12.0. The summed E-state index contributed by atoms with van der Waals surface area (Å²) in [7, 11) is 0. The van der Waals surface area contributed by atoms with Gasteiger partial charge in [-0.1, -0.05) is 5.21 Å². The Kier molecular flexibility index (Phi) is 5.11. The van der Waals surface area contributed by atoms with Crippen molar-refractivity contribution in [3.05, 3.63) is 53.6 Å². The molecule has 9 heteroatoms. The summed E-state index contributed by atoms with van der Waals surface area (Å²) in [5, 5.41) is 10.2. The van der Waals surface area contributed by atoms with Gasteiger partial charge in [-0.05, 0) is 44.2 Å². The van der Waals surface area contributed by atoms with Crippen molar-refractivity contribution in [2.24, 2.45) is 0 Å². The van der Waals surface area contributed by atoms with Crippen molar-refractivity contribution in [3.63, 3.8) is 0 Å². The molecule has 0 saturated heterocycles. The molecule has 3 aromatic rings. The van der Waals surface area contributed by atoms with Crippen LogP contribution in [0.25, 0.3) is 11.0 Å². The Bertz CT molecular complexity index is 1020. The monoisotopic (exact) mass is 374 g/mol. The first-order valence-electron chi connectivity index (χ1n) is 8.19. The number of halogens is 2. The predicted molar refractivity (Wildman–Crippen MR) is 93.1 cm³/mol. The predicted octanol–water partition coefficient (Wildman–Crippen LogP) is 2.91. The van der Waals surface area contributed by atoms with Crippen molar-refractivity contribution < 1.29 is 23.1 Å². The van der Waals surface area contributed by atoms with Crippen molar-refractivity contribution in [3.8, 4) is 0 Å². The molecule has 27 heavy (non-hydrogen) atoms. The number of carbonyl (C=O) groups excluding carboxylic acids is 2. The molecule has 0 aliphatic heterocycles. The number of aromatic nitrogens is 3. The lowest BCUT2D eigenvalue weighted by Gasteiger charge is -2.14. The number of anilines is 1. The zero-order valence-electron chi connectivity index (χ0n) is 14.6. The van der Waals surface area contributed by atoms with Crippen LogP contribution in [-0.4, -0.2) is 33.0 Å². The average molecular weight is 374 g/mol. The van der Waals surface area contributed by atoms with E-state index in [-0.39, 0.29) is 11.3 Å². The molecule has 0 aliphatic rings. The summed E-state index contributed by atoms with van der Waals surface area (Å²) in [6.07, 6.45) is -1.19. The van der Waals surface area contributed by atoms with Gasteiger partial charge in [0.1, 0.15) is 17.2 Å². The van der Waals surface area contributed by atoms with E-state index in [1.807, 2.05) is 6.92 Å². The maximum absolute atomic E-state index is 13.6. The van der Waals surface area contributed by atoms with Crippen LogP contribution in [0.4, 0.5) is 14.5 Å². The van der Waals surface area contributed by atoms with Gasteiger partial charge in [0.15, 0.2) is 6.10 Å². The number of carbonyl (C=O) groups is 2. The molecule has 2 aromatic carbocycles. The highest BCUT2D eigenvalue weighted by Gasteiger charge is 2.21. The first-order chi connectivity index (χ1) is 12.9. The van der Waals surface area contributed by atoms with Gasteiger partial charge in [-0.15, -0.1) is 5.10 Å². The van der Waals surface area contributed by atoms with E-state index >= 15 is 0 Å². The first-order valence-corrected chi connectivity index (χ1v) is 8.19. The van der Waals surface area contributed by atoms with Gasteiger partial charge in [0.25, 0.3) is 5.91 Å². The van der Waals surface area contributed by atoms with Gasteiger partial charge in [-0.3, -0.25) is 4.79 Å². The van der Waals surface area contributed by atoms with Gasteiger partial charge in [-0.2, -0.15) is 0 Å². The Morgan fingerprint density at radius 1 is 1.22 bits per heavy atom. The molecule has 0 unspecified atom stereocenters. The average Bonchev–Trinajstić information content (AvgIpc) is 3.06. The Hall–Kier alpha value is -3.36. The third-order valence-electron chi connectivity index (χ3n) is 3.89. The van der Waals surface area contributed by atoms with Crippen LogP contribution in [0.15, 0.2) is 36.4 Å². The molecule has 3 rings (SSSR count). The van der Waals surface area contributed by atoms with E-state index in [0.717, 1.165) is 17.6 Å². The van der Waals surface area contributed by atoms with E-state index in [2.05, 4.69) is 15.6 Å². The second-order valence-electron chi connectivity index (χ2n) is 5.77. The smallest absolute Gasteiger partial charge is 0.338 e. The molecule has 1 atom stereocenters. The highest BCUT2D eigenvalue weighted by molar-refractivity contribution is 5.98. The molecular weight excluding hydrogens is 358 g/mol. The van der Waals surface area contributed by atoms with Gasteiger partial charge < -0.3 is 10.1 Å². The van der Waals surface area contributed by atoms with Crippen molar-refractivity contribution in [1.29, 1.82) is 0 Å². The number of rotatable bonds is 5. The number of esters is 1. The number of nitrogens with one attached hydrogen (secondary N) is 1. The number of fused-ring (bicyclic) bond motifs is 1. The maximum atomic E-state index is 13.6. The quantitative estimate of drug-likeness (QED) is 0.694. The highest BCUT2D eigenvalue weighted by atomic mass is 19.1. The number of aryl methyl sites for hydroxylation is 1. The van der Waals surface area contributed by atoms with Gasteiger partial charge in [-0.25, -0.2) is 18.3 Å². The number of nitrogens with zero attached hydrogens (tertiary/aromatic N) is 3. The molecular formula is C18H16F2N4O3. The van der Waals surface area contributed by atoms with Crippen molar-refractivity contribution in [2.45, 2.75) is 26.5 Å². The van der Waals surface area contributed by atoms with Crippen LogP contribution >= 0.6 is 0 Å². The summed E-state index contributed by atoms with van der Waals surface area (Å²) >= 11 is 0. The SMILES string of the molecule is CCn1nnc2cc(C(=O)O[C@H](C)C(=O)Nc3ccc(F)cc3F)ccc21. The molecule has 0 saturated carbocycles. The first kappa shape index (κ1) is 18.4. The van der Waals surface area contributed by atoms with Gasteiger partial charge in [0.2, 0.25) is 0 Å². The minimum absolute atomic E-state index is 0.207. The van der Waals surface area contributed by atoms with E-state index in [1.54, 1.807) is 16.8 Å². The summed E-state index contributed by atoms with van der Waals surface area (Å²) in [5.74, 6) is -3.16. The lowest BCUT2D eigenvalue weighted by molar-refractivity contribution is -0.123. The lowest BCUT2D eigenvalue weighted by atomic mass is 10.2. The Morgan fingerprint density at radius 2 is 2.00 bits per heavy atom. The van der Waals surface area contributed by atoms with Crippen LogP contribution in [-0.2, 0) is 16.1 Å². The van der Waals surface area contributed by atoms with Gasteiger partial charge in [0, 0.05) is 12.6 Å². The molecule has 0 radical (unpaired) electrons. The molecule has 0 aliphatic carbocycles. The topological polar surface area (TPSA) is 86.1 Å². The Balaban J connectivity index is 1.68. The number of hydrogen-bond donors (Lipinski definition) is 1. The third-order valence-corrected chi connectivity index (χ3v) is 3.89. The fourth-order valence-electron chi connectivity index (χ4n) is 2.44.